The minimum absolute atomic E-state index is 0.0906. The van der Waals surface area contributed by atoms with Crippen LogP contribution in [0.2, 0.25) is 0 Å². The zero-order valence-corrected chi connectivity index (χ0v) is 10.8. The van der Waals surface area contributed by atoms with E-state index < -0.39 is 3.42 Å². The molecule has 0 aliphatic heterocycles. The molecular formula is C9H17IO3. The standard InChI is InChI=1S/C9H17IO3/c1-5-7(12-4)9(3,10)8(11)13-6-2/h7H,5-6H2,1-4H3/t7-,9-/m1/s1. The molecule has 0 saturated heterocycles. The fraction of sp³-hybridized carbons (Fsp3) is 0.889. The van der Waals surface area contributed by atoms with Crippen LogP contribution in [0.1, 0.15) is 27.2 Å². The third-order valence-electron chi connectivity index (χ3n) is 1.93. The van der Waals surface area contributed by atoms with Crippen LogP contribution < -0.4 is 0 Å². The van der Waals surface area contributed by atoms with Crippen LogP contribution in [-0.4, -0.2) is 29.2 Å². The van der Waals surface area contributed by atoms with Crippen LogP contribution in [0.5, 0.6) is 0 Å². The predicted octanol–water partition coefficient (Wildman–Crippen LogP) is 2.17. The third-order valence-corrected chi connectivity index (χ3v) is 3.07. The lowest BCUT2D eigenvalue weighted by molar-refractivity contribution is -0.148. The van der Waals surface area contributed by atoms with Gasteiger partial charge in [-0.05, 0) is 20.3 Å². The number of carbonyl (C=O) groups is 1. The smallest absolute Gasteiger partial charge is 0.324 e. The third kappa shape index (κ3) is 3.42. The number of halogens is 1. The lowest BCUT2D eigenvalue weighted by Crippen LogP contribution is -2.43. The second-order valence-corrected chi connectivity index (χ2v) is 5.17. The van der Waals surface area contributed by atoms with E-state index in [-0.39, 0.29) is 12.1 Å². The lowest BCUT2D eigenvalue weighted by Gasteiger charge is -2.28. The van der Waals surface area contributed by atoms with E-state index in [4.69, 9.17) is 9.47 Å². The highest BCUT2D eigenvalue weighted by Crippen LogP contribution is 2.28. The number of esters is 1. The van der Waals surface area contributed by atoms with Crippen molar-refractivity contribution in [1.29, 1.82) is 0 Å². The second kappa shape index (κ2) is 5.80. The molecule has 0 bridgehead atoms. The molecule has 0 radical (unpaired) electrons. The molecule has 0 amide bonds. The molecule has 78 valence electrons. The van der Waals surface area contributed by atoms with Gasteiger partial charge in [0.25, 0.3) is 0 Å². The molecule has 0 N–H and O–H groups in total. The summed E-state index contributed by atoms with van der Waals surface area (Å²) in [4.78, 5) is 11.5. The first-order valence-electron chi connectivity index (χ1n) is 4.39. The maximum atomic E-state index is 11.5. The number of ether oxygens (including phenoxy) is 2. The van der Waals surface area contributed by atoms with E-state index in [1.54, 1.807) is 14.0 Å². The summed E-state index contributed by atoms with van der Waals surface area (Å²) in [6.45, 7) is 6.05. The van der Waals surface area contributed by atoms with Crippen molar-refractivity contribution >= 4 is 28.6 Å². The molecule has 0 rings (SSSR count). The van der Waals surface area contributed by atoms with Gasteiger partial charge >= 0.3 is 5.97 Å². The average molecular weight is 300 g/mol. The molecule has 0 unspecified atom stereocenters. The van der Waals surface area contributed by atoms with Crippen molar-refractivity contribution in [3.8, 4) is 0 Å². The number of methoxy groups -OCH3 is 1. The molecule has 0 aromatic heterocycles. The molecule has 13 heavy (non-hydrogen) atoms. The molecule has 2 atom stereocenters. The van der Waals surface area contributed by atoms with Gasteiger partial charge in [-0.1, -0.05) is 29.5 Å². The van der Waals surface area contributed by atoms with Gasteiger partial charge in [0.2, 0.25) is 0 Å². The van der Waals surface area contributed by atoms with Crippen molar-refractivity contribution in [2.45, 2.75) is 36.7 Å². The lowest BCUT2D eigenvalue weighted by atomic mass is 10.0. The maximum Gasteiger partial charge on any atom is 0.324 e. The quantitative estimate of drug-likeness (QED) is 0.443. The zero-order chi connectivity index (χ0) is 10.5. The Hall–Kier alpha value is 0.160. The van der Waals surface area contributed by atoms with Gasteiger partial charge in [-0.15, -0.1) is 0 Å². The van der Waals surface area contributed by atoms with E-state index in [2.05, 4.69) is 22.6 Å². The Kier molecular flexibility index (Phi) is 5.87. The number of rotatable bonds is 5. The number of hydrogen-bond donors (Lipinski definition) is 0. The van der Waals surface area contributed by atoms with E-state index in [1.807, 2.05) is 13.8 Å². The summed E-state index contributed by atoms with van der Waals surface area (Å²) in [6, 6.07) is 0. The molecule has 0 aliphatic carbocycles. The monoisotopic (exact) mass is 300 g/mol. The zero-order valence-electron chi connectivity index (χ0n) is 8.59. The van der Waals surface area contributed by atoms with Crippen molar-refractivity contribution in [2.24, 2.45) is 0 Å². The Morgan fingerprint density at radius 3 is 2.38 bits per heavy atom. The van der Waals surface area contributed by atoms with E-state index >= 15 is 0 Å². The normalized spacial score (nSPS) is 17.6. The highest BCUT2D eigenvalue weighted by atomic mass is 127. The Morgan fingerprint density at radius 1 is 1.54 bits per heavy atom. The highest BCUT2D eigenvalue weighted by molar-refractivity contribution is 14.1. The Labute approximate surface area is 93.3 Å². The van der Waals surface area contributed by atoms with Gasteiger partial charge in [-0.3, -0.25) is 4.79 Å². The summed E-state index contributed by atoms with van der Waals surface area (Å²) in [6.07, 6.45) is 0.710. The molecular weight excluding hydrogens is 283 g/mol. The van der Waals surface area contributed by atoms with Crippen molar-refractivity contribution in [3.05, 3.63) is 0 Å². The molecule has 0 spiro atoms. The van der Waals surface area contributed by atoms with Crippen molar-refractivity contribution in [2.75, 3.05) is 13.7 Å². The summed E-state index contributed by atoms with van der Waals surface area (Å²) in [5, 5.41) is 0. The van der Waals surface area contributed by atoms with Gasteiger partial charge in [0.15, 0.2) is 0 Å². The van der Waals surface area contributed by atoms with Crippen molar-refractivity contribution in [1.82, 2.24) is 0 Å². The number of carbonyl (C=O) groups excluding carboxylic acids is 1. The Balaban J connectivity index is 4.42. The van der Waals surface area contributed by atoms with E-state index in [0.717, 1.165) is 6.42 Å². The first kappa shape index (κ1) is 13.2. The van der Waals surface area contributed by atoms with Crippen LogP contribution in [0, 0.1) is 0 Å². The first-order chi connectivity index (χ1) is 6.00. The van der Waals surface area contributed by atoms with Crippen LogP contribution in [0.4, 0.5) is 0 Å². The topological polar surface area (TPSA) is 35.5 Å². The molecule has 0 aromatic carbocycles. The fourth-order valence-electron chi connectivity index (χ4n) is 1.17. The van der Waals surface area contributed by atoms with Crippen LogP contribution >= 0.6 is 22.6 Å². The van der Waals surface area contributed by atoms with E-state index in [9.17, 15) is 4.79 Å². The van der Waals surface area contributed by atoms with Gasteiger partial charge < -0.3 is 9.47 Å². The van der Waals surface area contributed by atoms with Gasteiger partial charge in [0, 0.05) is 7.11 Å². The Bertz CT molecular complexity index is 164. The molecule has 0 fully saturated rings. The average Bonchev–Trinajstić information content (AvgIpc) is 2.06. The van der Waals surface area contributed by atoms with Crippen LogP contribution in [0.15, 0.2) is 0 Å². The molecule has 0 aliphatic rings. The molecule has 0 aromatic rings. The highest BCUT2D eigenvalue weighted by Gasteiger charge is 2.39. The second-order valence-electron chi connectivity index (χ2n) is 2.93. The number of hydrogen-bond acceptors (Lipinski definition) is 3. The molecule has 0 heterocycles. The van der Waals surface area contributed by atoms with Gasteiger partial charge in [-0.2, -0.15) is 0 Å². The molecule has 4 heteroatoms. The molecule has 3 nitrogen and oxygen atoms in total. The first-order valence-corrected chi connectivity index (χ1v) is 5.47. The maximum absolute atomic E-state index is 11.5. The van der Waals surface area contributed by atoms with E-state index in [0.29, 0.717) is 6.61 Å². The van der Waals surface area contributed by atoms with Gasteiger partial charge in [0.1, 0.15) is 3.42 Å². The minimum Gasteiger partial charge on any atom is -0.465 e. The molecule has 0 saturated carbocycles. The summed E-state index contributed by atoms with van der Waals surface area (Å²) in [7, 11) is 1.62. The van der Waals surface area contributed by atoms with Crippen LogP contribution in [-0.2, 0) is 14.3 Å². The van der Waals surface area contributed by atoms with Crippen molar-refractivity contribution < 1.29 is 14.3 Å². The largest absolute Gasteiger partial charge is 0.465 e. The Morgan fingerprint density at radius 2 is 2.08 bits per heavy atom. The summed E-state index contributed by atoms with van der Waals surface area (Å²) in [5.74, 6) is -0.204. The van der Waals surface area contributed by atoms with Crippen LogP contribution in [0.25, 0.3) is 0 Å². The number of alkyl halides is 1. The fourth-order valence-corrected chi connectivity index (χ4v) is 2.03. The summed E-state index contributed by atoms with van der Waals surface area (Å²) < 4.78 is 9.60. The van der Waals surface area contributed by atoms with Crippen molar-refractivity contribution in [3.63, 3.8) is 0 Å². The van der Waals surface area contributed by atoms with Gasteiger partial charge in [-0.25, -0.2) is 0 Å². The summed E-state index contributed by atoms with van der Waals surface area (Å²) in [5.41, 5.74) is 0. The van der Waals surface area contributed by atoms with Gasteiger partial charge in [0.05, 0.1) is 12.7 Å². The van der Waals surface area contributed by atoms with E-state index in [1.165, 1.54) is 0 Å². The predicted molar refractivity (Wildman–Crippen MR) is 60.1 cm³/mol. The van der Waals surface area contributed by atoms with Crippen LogP contribution in [0.3, 0.4) is 0 Å². The summed E-state index contributed by atoms with van der Waals surface area (Å²) >= 11 is 2.09. The minimum atomic E-state index is -0.586. The SMILES string of the molecule is CCOC(=O)[C@](C)(I)[C@@H](CC)OC.